The Morgan fingerprint density at radius 3 is 2.54 bits per heavy atom. The molecule has 1 fully saturated rings. The molecule has 1 aromatic rings. The molecule has 1 aliphatic rings. The van der Waals surface area contributed by atoms with E-state index in [1.165, 1.54) is 12.1 Å². The molecule has 2 amide bonds. The standard InChI is InChI=1S/C17H26N4O4S/c1-19(2)8-4-7-18-26(24,25)16-6-3-5-15(13-16)17(23)21-11-9-20(14-22)10-12-21/h3,5-6,13-14,18H,4,7-12H2,1-2H3. The number of rotatable bonds is 8. The van der Waals surface area contributed by atoms with E-state index < -0.39 is 10.0 Å². The summed E-state index contributed by atoms with van der Waals surface area (Å²) in [6, 6.07) is 6.07. The Balaban J connectivity index is 2.02. The fraction of sp³-hybridized carbons (Fsp3) is 0.529. The first-order valence-corrected chi connectivity index (χ1v) is 10.0. The lowest BCUT2D eigenvalue weighted by Crippen LogP contribution is -2.48. The minimum atomic E-state index is -3.65. The maximum Gasteiger partial charge on any atom is 0.254 e. The minimum absolute atomic E-state index is 0.0831. The zero-order valence-electron chi connectivity index (χ0n) is 15.2. The number of benzene rings is 1. The summed E-state index contributed by atoms with van der Waals surface area (Å²) in [4.78, 5) is 28.7. The average molecular weight is 382 g/mol. The van der Waals surface area contributed by atoms with Gasteiger partial charge in [-0.05, 0) is 45.3 Å². The maximum absolute atomic E-state index is 12.6. The van der Waals surface area contributed by atoms with E-state index in [4.69, 9.17) is 0 Å². The van der Waals surface area contributed by atoms with Gasteiger partial charge in [0.1, 0.15) is 0 Å². The third-order valence-corrected chi connectivity index (χ3v) is 5.67. The number of amides is 2. The topological polar surface area (TPSA) is 90.0 Å². The lowest BCUT2D eigenvalue weighted by molar-refractivity contribution is -0.119. The lowest BCUT2D eigenvalue weighted by atomic mass is 10.2. The fourth-order valence-electron chi connectivity index (χ4n) is 2.69. The highest BCUT2D eigenvalue weighted by molar-refractivity contribution is 7.89. The van der Waals surface area contributed by atoms with Crippen LogP contribution in [0, 0.1) is 0 Å². The van der Waals surface area contributed by atoms with Crippen LogP contribution in [0.25, 0.3) is 0 Å². The monoisotopic (exact) mass is 382 g/mol. The second kappa shape index (κ2) is 9.11. The minimum Gasteiger partial charge on any atom is -0.342 e. The van der Waals surface area contributed by atoms with Crippen LogP contribution < -0.4 is 4.72 Å². The van der Waals surface area contributed by atoms with E-state index >= 15 is 0 Å². The van der Waals surface area contributed by atoms with Gasteiger partial charge in [0.15, 0.2) is 0 Å². The summed E-state index contributed by atoms with van der Waals surface area (Å²) in [6.07, 6.45) is 1.48. The molecule has 1 aromatic carbocycles. The molecule has 0 saturated carbocycles. The van der Waals surface area contributed by atoms with Gasteiger partial charge in [-0.15, -0.1) is 0 Å². The van der Waals surface area contributed by atoms with Crippen LogP contribution in [0.15, 0.2) is 29.2 Å². The second-order valence-electron chi connectivity index (χ2n) is 6.52. The van der Waals surface area contributed by atoms with Crippen molar-refractivity contribution in [3.63, 3.8) is 0 Å². The van der Waals surface area contributed by atoms with Crippen LogP contribution >= 0.6 is 0 Å². The summed E-state index contributed by atoms with van der Waals surface area (Å²) < 4.78 is 27.4. The van der Waals surface area contributed by atoms with Crippen LogP contribution in [0.5, 0.6) is 0 Å². The predicted octanol–water partition coefficient (Wildman–Crippen LogP) is -0.169. The Labute approximate surface area is 154 Å². The van der Waals surface area contributed by atoms with Gasteiger partial charge in [0.2, 0.25) is 16.4 Å². The third kappa shape index (κ3) is 5.52. The first-order chi connectivity index (χ1) is 12.3. The molecule has 2 rings (SSSR count). The number of carbonyl (C=O) groups is 2. The molecule has 0 atom stereocenters. The molecule has 0 bridgehead atoms. The van der Waals surface area contributed by atoms with Crippen LogP contribution in [0.2, 0.25) is 0 Å². The number of piperazine rings is 1. The van der Waals surface area contributed by atoms with Gasteiger partial charge < -0.3 is 14.7 Å². The highest BCUT2D eigenvalue weighted by Crippen LogP contribution is 2.14. The first-order valence-electron chi connectivity index (χ1n) is 8.56. The zero-order valence-corrected chi connectivity index (χ0v) is 16.0. The van der Waals surface area contributed by atoms with Crippen molar-refractivity contribution in [2.75, 3.05) is 53.4 Å². The van der Waals surface area contributed by atoms with Crippen molar-refractivity contribution >= 4 is 22.3 Å². The van der Waals surface area contributed by atoms with Gasteiger partial charge in [0, 0.05) is 38.3 Å². The van der Waals surface area contributed by atoms with Crippen molar-refractivity contribution in [2.45, 2.75) is 11.3 Å². The van der Waals surface area contributed by atoms with Crippen molar-refractivity contribution in [3.05, 3.63) is 29.8 Å². The normalized spacial score (nSPS) is 15.3. The smallest absolute Gasteiger partial charge is 0.254 e. The SMILES string of the molecule is CN(C)CCCNS(=O)(=O)c1cccc(C(=O)N2CCN(C=O)CC2)c1. The number of hydrogen-bond acceptors (Lipinski definition) is 5. The van der Waals surface area contributed by atoms with Crippen molar-refractivity contribution < 1.29 is 18.0 Å². The molecule has 1 N–H and O–H groups in total. The molecule has 0 aliphatic carbocycles. The summed E-state index contributed by atoms with van der Waals surface area (Å²) in [5.41, 5.74) is 0.334. The molecule has 0 unspecified atom stereocenters. The van der Waals surface area contributed by atoms with Crippen molar-refractivity contribution in [1.82, 2.24) is 19.4 Å². The lowest BCUT2D eigenvalue weighted by Gasteiger charge is -2.32. The van der Waals surface area contributed by atoms with Gasteiger partial charge in [-0.2, -0.15) is 0 Å². The number of nitrogens with one attached hydrogen (secondary N) is 1. The summed E-state index contributed by atoms with van der Waals surface area (Å²) in [7, 11) is 0.207. The van der Waals surface area contributed by atoms with Crippen molar-refractivity contribution in [1.29, 1.82) is 0 Å². The highest BCUT2D eigenvalue weighted by atomic mass is 32.2. The Bertz CT molecular complexity index is 728. The van der Waals surface area contributed by atoms with E-state index in [0.717, 1.165) is 13.0 Å². The van der Waals surface area contributed by atoms with Crippen LogP contribution in [0.1, 0.15) is 16.8 Å². The number of nitrogens with zero attached hydrogens (tertiary/aromatic N) is 3. The molecule has 0 radical (unpaired) electrons. The van der Waals surface area contributed by atoms with Crippen molar-refractivity contribution in [3.8, 4) is 0 Å². The number of hydrogen-bond donors (Lipinski definition) is 1. The molecule has 9 heteroatoms. The molecule has 144 valence electrons. The summed E-state index contributed by atoms with van der Waals surface area (Å²) in [5, 5.41) is 0. The van der Waals surface area contributed by atoms with E-state index in [2.05, 4.69) is 4.72 Å². The van der Waals surface area contributed by atoms with E-state index in [9.17, 15) is 18.0 Å². The van der Waals surface area contributed by atoms with Gasteiger partial charge >= 0.3 is 0 Å². The second-order valence-corrected chi connectivity index (χ2v) is 8.28. The molecule has 0 spiro atoms. The van der Waals surface area contributed by atoms with E-state index in [1.807, 2.05) is 19.0 Å². The number of carbonyl (C=O) groups excluding carboxylic acids is 2. The van der Waals surface area contributed by atoms with Gasteiger partial charge in [0.05, 0.1) is 4.90 Å². The number of sulfonamides is 1. The Kier molecular flexibility index (Phi) is 7.13. The zero-order chi connectivity index (χ0) is 19.2. The summed E-state index contributed by atoms with van der Waals surface area (Å²) in [6.45, 7) is 2.98. The summed E-state index contributed by atoms with van der Waals surface area (Å²) >= 11 is 0. The van der Waals surface area contributed by atoms with Gasteiger partial charge in [0.25, 0.3) is 5.91 Å². The van der Waals surface area contributed by atoms with Crippen LogP contribution in [0.4, 0.5) is 0 Å². The molecular formula is C17H26N4O4S. The average Bonchev–Trinajstić information content (AvgIpc) is 2.65. The molecular weight excluding hydrogens is 356 g/mol. The molecule has 1 aliphatic heterocycles. The van der Waals surface area contributed by atoms with E-state index in [1.54, 1.807) is 21.9 Å². The largest absolute Gasteiger partial charge is 0.342 e. The van der Waals surface area contributed by atoms with Gasteiger partial charge in [-0.3, -0.25) is 9.59 Å². The first kappa shape index (κ1) is 20.3. The molecule has 1 heterocycles. The van der Waals surface area contributed by atoms with E-state index in [0.29, 0.717) is 44.7 Å². The molecule has 26 heavy (non-hydrogen) atoms. The summed E-state index contributed by atoms with van der Waals surface area (Å²) in [5.74, 6) is -0.222. The highest BCUT2D eigenvalue weighted by Gasteiger charge is 2.23. The fourth-order valence-corrected chi connectivity index (χ4v) is 3.81. The van der Waals surface area contributed by atoms with Crippen LogP contribution in [0.3, 0.4) is 0 Å². The maximum atomic E-state index is 12.6. The van der Waals surface area contributed by atoms with Gasteiger partial charge in [-0.25, -0.2) is 13.1 Å². The third-order valence-electron chi connectivity index (χ3n) is 4.22. The molecule has 1 saturated heterocycles. The Morgan fingerprint density at radius 2 is 1.92 bits per heavy atom. The Hall–Kier alpha value is -1.97. The predicted molar refractivity (Wildman–Crippen MR) is 98.3 cm³/mol. The molecule has 8 nitrogen and oxygen atoms in total. The van der Waals surface area contributed by atoms with Gasteiger partial charge in [-0.1, -0.05) is 6.07 Å². The Morgan fingerprint density at radius 1 is 1.23 bits per heavy atom. The quantitative estimate of drug-likeness (QED) is 0.498. The molecule has 0 aromatic heterocycles. The van der Waals surface area contributed by atoms with Crippen molar-refractivity contribution in [2.24, 2.45) is 0 Å². The van der Waals surface area contributed by atoms with E-state index in [-0.39, 0.29) is 10.8 Å². The van der Waals surface area contributed by atoms with Crippen LogP contribution in [-0.2, 0) is 14.8 Å². The van der Waals surface area contributed by atoms with Crippen LogP contribution in [-0.4, -0.2) is 88.8 Å².